The number of nitrogens with zero attached hydrogens (tertiary/aromatic N) is 2. The van der Waals surface area contributed by atoms with Crippen molar-refractivity contribution in [3.05, 3.63) is 30.3 Å². The van der Waals surface area contributed by atoms with E-state index in [4.69, 9.17) is 0 Å². The molecule has 0 saturated heterocycles. The van der Waals surface area contributed by atoms with Crippen LogP contribution in [-0.2, 0) is 0 Å². The van der Waals surface area contributed by atoms with Gasteiger partial charge in [-0.25, -0.2) is 4.79 Å². The van der Waals surface area contributed by atoms with Gasteiger partial charge in [-0.2, -0.15) is 10.1 Å². The molecule has 1 aromatic carbocycles. The number of rotatable bonds is 1. The Morgan fingerprint density at radius 1 is 1.29 bits per heavy atom. The van der Waals surface area contributed by atoms with Crippen LogP contribution in [-0.4, -0.2) is 18.8 Å². The summed E-state index contributed by atoms with van der Waals surface area (Å²) < 4.78 is 0. The van der Waals surface area contributed by atoms with Gasteiger partial charge in [0.15, 0.2) is 0 Å². The number of nitrogens with one attached hydrogen (secondary N) is 1. The normalized spacial score (nSPS) is 16.3. The molecule has 4 nitrogen and oxygen atoms in total. The number of carbonyl (C=O) groups is 1. The van der Waals surface area contributed by atoms with Crippen molar-refractivity contribution in [1.29, 1.82) is 0 Å². The van der Waals surface area contributed by atoms with E-state index in [-0.39, 0.29) is 6.03 Å². The van der Waals surface area contributed by atoms with Crippen LogP contribution in [0.2, 0.25) is 0 Å². The van der Waals surface area contributed by atoms with Gasteiger partial charge < -0.3 is 5.32 Å². The number of anilines is 1. The van der Waals surface area contributed by atoms with E-state index in [1.807, 2.05) is 30.3 Å². The van der Waals surface area contributed by atoms with Gasteiger partial charge in [-0.05, 0) is 12.1 Å². The van der Waals surface area contributed by atoms with Crippen LogP contribution in [0.25, 0.3) is 0 Å². The molecule has 2 rings (SSSR count). The third-order valence-corrected chi connectivity index (χ3v) is 1.94. The number of hydrazone groups is 1. The second kappa shape index (κ2) is 3.91. The quantitative estimate of drug-likeness (QED) is 0.716. The molecule has 1 aromatic rings. The average Bonchev–Trinajstić information content (AvgIpc) is 2.44. The summed E-state index contributed by atoms with van der Waals surface area (Å²) in [7, 11) is 0. The molecule has 0 unspecified atom stereocenters. The Labute approximate surface area is 82.2 Å². The number of para-hydroxylation sites is 1. The van der Waals surface area contributed by atoms with Crippen LogP contribution in [0.5, 0.6) is 0 Å². The van der Waals surface area contributed by atoms with Gasteiger partial charge in [0.2, 0.25) is 0 Å². The third-order valence-electron chi connectivity index (χ3n) is 1.94. The number of hydrogen-bond donors (Lipinski definition) is 1. The first-order valence-electron chi connectivity index (χ1n) is 4.53. The van der Waals surface area contributed by atoms with E-state index < -0.39 is 0 Å². The summed E-state index contributed by atoms with van der Waals surface area (Å²) in [4.78, 5) is 11.5. The fraction of sp³-hybridized carbons (Fsp3) is 0.200. The Bertz CT molecular complexity index is 348. The van der Waals surface area contributed by atoms with Crippen molar-refractivity contribution < 1.29 is 4.79 Å². The number of amides is 2. The molecular formula is C10H11N3O. The van der Waals surface area contributed by atoms with Crippen LogP contribution in [0, 0.1) is 0 Å². The Kier molecular flexibility index (Phi) is 2.44. The highest BCUT2D eigenvalue weighted by Crippen LogP contribution is 2.14. The summed E-state index contributed by atoms with van der Waals surface area (Å²) in [5.74, 6) is 0. The van der Waals surface area contributed by atoms with Crippen molar-refractivity contribution >= 4 is 17.9 Å². The minimum atomic E-state index is -0.176. The fourth-order valence-corrected chi connectivity index (χ4v) is 1.26. The van der Waals surface area contributed by atoms with E-state index in [0.29, 0.717) is 6.54 Å². The molecule has 1 N–H and O–H groups in total. The first-order chi connectivity index (χ1) is 6.88. The van der Waals surface area contributed by atoms with E-state index >= 15 is 0 Å². The average molecular weight is 189 g/mol. The summed E-state index contributed by atoms with van der Waals surface area (Å²) in [6.07, 6.45) is 2.51. The zero-order valence-electron chi connectivity index (χ0n) is 7.68. The minimum Gasteiger partial charge on any atom is -0.336 e. The highest BCUT2D eigenvalue weighted by atomic mass is 16.2. The SMILES string of the molecule is O=C1NCCC=NN1c1ccccc1. The summed E-state index contributed by atoms with van der Waals surface area (Å²) in [5, 5.41) is 8.19. The number of carbonyl (C=O) groups excluding carboxylic acids is 1. The van der Waals surface area contributed by atoms with Crippen molar-refractivity contribution in [1.82, 2.24) is 5.32 Å². The molecule has 1 aliphatic rings. The van der Waals surface area contributed by atoms with Gasteiger partial charge in [-0.1, -0.05) is 18.2 Å². The lowest BCUT2D eigenvalue weighted by Gasteiger charge is -2.14. The highest BCUT2D eigenvalue weighted by Gasteiger charge is 2.14. The number of urea groups is 1. The molecule has 0 aliphatic carbocycles. The molecule has 72 valence electrons. The monoisotopic (exact) mass is 189 g/mol. The molecule has 14 heavy (non-hydrogen) atoms. The molecule has 0 bridgehead atoms. The Balaban J connectivity index is 2.28. The lowest BCUT2D eigenvalue weighted by molar-refractivity contribution is 0.247. The first kappa shape index (κ1) is 8.74. The molecule has 1 aliphatic heterocycles. The smallest absolute Gasteiger partial charge is 0.336 e. The van der Waals surface area contributed by atoms with E-state index in [9.17, 15) is 4.79 Å². The molecule has 0 atom stereocenters. The minimum absolute atomic E-state index is 0.176. The van der Waals surface area contributed by atoms with E-state index in [1.54, 1.807) is 6.21 Å². The third kappa shape index (κ3) is 1.74. The molecule has 0 spiro atoms. The molecular weight excluding hydrogens is 178 g/mol. The lowest BCUT2D eigenvalue weighted by atomic mass is 10.3. The van der Waals surface area contributed by atoms with Crippen LogP contribution in [0.4, 0.5) is 10.5 Å². The molecule has 1 heterocycles. The van der Waals surface area contributed by atoms with Gasteiger partial charge in [-0.15, -0.1) is 0 Å². The fourth-order valence-electron chi connectivity index (χ4n) is 1.26. The number of benzene rings is 1. The van der Waals surface area contributed by atoms with Crippen LogP contribution in [0.1, 0.15) is 6.42 Å². The van der Waals surface area contributed by atoms with Crippen molar-refractivity contribution in [2.75, 3.05) is 11.6 Å². The summed E-state index contributed by atoms with van der Waals surface area (Å²) >= 11 is 0. The second-order valence-electron chi connectivity index (χ2n) is 2.97. The first-order valence-corrected chi connectivity index (χ1v) is 4.53. The zero-order chi connectivity index (χ0) is 9.80. The van der Waals surface area contributed by atoms with Gasteiger partial charge in [0.1, 0.15) is 0 Å². The van der Waals surface area contributed by atoms with Gasteiger partial charge >= 0.3 is 6.03 Å². The standard InChI is InChI=1S/C10H11N3O/c14-10-11-7-4-8-12-13(10)9-5-2-1-3-6-9/h1-3,5-6,8H,4,7H2,(H,11,14). The zero-order valence-corrected chi connectivity index (χ0v) is 7.68. The van der Waals surface area contributed by atoms with E-state index in [0.717, 1.165) is 12.1 Å². The van der Waals surface area contributed by atoms with Gasteiger partial charge in [0.05, 0.1) is 5.69 Å². The van der Waals surface area contributed by atoms with Crippen molar-refractivity contribution in [2.24, 2.45) is 5.10 Å². The van der Waals surface area contributed by atoms with Crippen LogP contribution < -0.4 is 10.3 Å². The lowest BCUT2D eigenvalue weighted by Crippen LogP contribution is -2.35. The Morgan fingerprint density at radius 2 is 2.07 bits per heavy atom. The van der Waals surface area contributed by atoms with Gasteiger partial charge in [0, 0.05) is 19.2 Å². The van der Waals surface area contributed by atoms with Crippen LogP contribution in [0.3, 0.4) is 0 Å². The summed E-state index contributed by atoms with van der Waals surface area (Å²) in [5.41, 5.74) is 0.781. The maximum absolute atomic E-state index is 11.5. The van der Waals surface area contributed by atoms with Crippen LogP contribution >= 0.6 is 0 Å². The van der Waals surface area contributed by atoms with E-state index in [2.05, 4.69) is 10.4 Å². The van der Waals surface area contributed by atoms with E-state index in [1.165, 1.54) is 5.01 Å². The molecule has 4 heteroatoms. The molecule has 0 radical (unpaired) electrons. The molecule has 0 saturated carbocycles. The molecule has 0 aromatic heterocycles. The number of hydrogen-bond acceptors (Lipinski definition) is 2. The Hall–Kier alpha value is -1.84. The summed E-state index contributed by atoms with van der Waals surface area (Å²) in [6, 6.07) is 9.18. The highest BCUT2D eigenvalue weighted by molar-refractivity contribution is 5.93. The van der Waals surface area contributed by atoms with Crippen molar-refractivity contribution in [2.45, 2.75) is 6.42 Å². The summed E-state index contributed by atoms with van der Waals surface area (Å²) in [6.45, 7) is 0.645. The van der Waals surface area contributed by atoms with Gasteiger partial charge in [-0.3, -0.25) is 0 Å². The molecule has 0 fully saturated rings. The Morgan fingerprint density at radius 3 is 2.86 bits per heavy atom. The largest absolute Gasteiger partial charge is 0.342 e. The molecule has 2 amide bonds. The predicted octanol–water partition coefficient (Wildman–Crippen LogP) is 1.59. The van der Waals surface area contributed by atoms with Crippen molar-refractivity contribution in [3.8, 4) is 0 Å². The topological polar surface area (TPSA) is 44.7 Å². The van der Waals surface area contributed by atoms with Crippen LogP contribution in [0.15, 0.2) is 35.4 Å². The maximum Gasteiger partial charge on any atom is 0.342 e. The second-order valence-corrected chi connectivity index (χ2v) is 2.97. The maximum atomic E-state index is 11.5. The van der Waals surface area contributed by atoms with Crippen molar-refractivity contribution in [3.63, 3.8) is 0 Å². The predicted molar refractivity (Wildman–Crippen MR) is 55.4 cm³/mol. The van der Waals surface area contributed by atoms with Gasteiger partial charge in [0.25, 0.3) is 0 Å².